The standard InChI is InChI=1S/C19H24N2O3S/c1-3-16(17-10-6-4-7-11-17)14-20-19(22)15(2)21-25(23,24)18-12-8-5-9-13-18/h4-13,15-16,21H,3,14H2,1-2H3,(H,20,22)/t15-,16-/m0/s1. The minimum atomic E-state index is -3.71. The highest BCUT2D eigenvalue weighted by Gasteiger charge is 2.22. The monoisotopic (exact) mass is 360 g/mol. The van der Waals surface area contributed by atoms with E-state index in [1.807, 2.05) is 30.3 Å². The molecule has 0 saturated carbocycles. The van der Waals surface area contributed by atoms with E-state index in [1.54, 1.807) is 25.1 Å². The van der Waals surface area contributed by atoms with E-state index in [4.69, 9.17) is 0 Å². The van der Waals surface area contributed by atoms with Gasteiger partial charge in [0, 0.05) is 12.5 Å². The number of hydrogen-bond donors (Lipinski definition) is 2. The first-order valence-electron chi connectivity index (χ1n) is 8.34. The molecule has 0 fully saturated rings. The highest BCUT2D eigenvalue weighted by atomic mass is 32.2. The Balaban J connectivity index is 1.94. The van der Waals surface area contributed by atoms with Gasteiger partial charge in [-0.1, -0.05) is 55.5 Å². The second-order valence-corrected chi connectivity index (χ2v) is 7.63. The summed E-state index contributed by atoms with van der Waals surface area (Å²) in [6.07, 6.45) is 0.883. The van der Waals surface area contributed by atoms with Crippen molar-refractivity contribution in [2.45, 2.75) is 37.1 Å². The molecule has 2 N–H and O–H groups in total. The van der Waals surface area contributed by atoms with Gasteiger partial charge in [0.25, 0.3) is 0 Å². The van der Waals surface area contributed by atoms with Crippen molar-refractivity contribution in [3.63, 3.8) is 0 Å². The molecule has 1 amide bonds. The second kappa shape index (κ2) is 8.78. The highest BCUT2D eigenvalue weighted by Crippen LogP contribution is 2.18. The fourth-order valence-corrected chi connectivity index (χ4v) is 3.78. The van der Waals surface area contributed by atoms with Crippen molar-refractivity contribution in [2.24, 2.45) is 0 Å². The lowest BCUT2D eigenvalue weighted by Gasteiger charge is -2.19. The average Bonchev–Trinajstić information content (AvgIpc) is 2.63. The van der Waals surface area contributed by atoms with Gasteiger partial charge >= 0.3 is 0 Å². The molecule has 0 spiro atoms. The zero-order chi connectivity index (χ0) is 18.3. The predicted molar refractivity (Wildman–Crippen MR) is 98.7 cm³/mol. The Morgan fingerprint density at radius 3 is 2.12 bits per heavy atom. The Morgan fingerprint density at radius 1 is 1.00 bits per heavy atom. The van der Waals surface area contributed by atoms with E-state index < -0.39 is 16.1 Å². The summed E-state index contributed by atoms with van der Waals surface area (Å²) in [6, 6.07) is 17.1. The van der Waals surface area contributed by atoms with Crippen LogP contribution in [0.2, 0.25) is 0 Å². The molecule has 0 aliphatic heterocycles. The molecule has 5 nitrogen and oxygen atoms in total. The van der Waals surface area contributed by atoms with Crippen LogP contribution in [0.5, 0.6) is 0 Å². The van der Waals surface area contributed by atoms with Crippen molar-refractivity contribution >= 4 is 15.9 Å². The molecule has 0 aromatic heterocycles. The van der Waals surface area contributed by atoms with Crippen LogP contribution in [0, 0.1) is 0 Å². The maximum Gasteiger partial charge on any atom is 0.241 e. The van der Waals surface area contributed by atoms with E-state index in [2.05, 4.69) is 17.0 Å². The lowest BCUT2D eigenvalue weighted by molar-refractivity contribution is -0.122. The molecular formula is C19H24N2O3S. The minimum Gasteiger partial charge on any atom is -0.354 e. The van der Waals surface area contributed by atoms with E-state index in [1.165, 1.54) is 12.1 Å². The van der Waals surface area contributed by atoms with Crippen LogP contribution >= 0.6 is 0 Å². The van der Waals surface area contributed by atoms with Crippen molar-refractivity contribution in [1.82, 2.24) is 10.0 Å². The van der Waals surface area contributed by atoms with Gasteiger partial charge in [-0.15, -0.1) is 0 Å². The van der Waals surface area contributed by atoms with E-state index in [9.17, 15) is 13.2 Å². The Hall–Kier alpha value is -2.18. The number of amides is 1. The van der Waals surface area contributed by atoms with E-state index in [0.717, 1.165) is 12.0 Å². The molecule has 2 aromatic carbocycles. The van der Waals surface area contributed by atoms with Crippen molar-refractivity contribution in [3.8, 4) is 0 Å². The smallest absolute Gasteiger partial charge is 0.241 e. The maximum absolute atomic E-state index is 12.3. The number of carbonyl (C=O) groups excluding carboxylic acids is 1. The molecule has 0 aliphatic rings. The molecule has 2 aromatic rings. The van der Waals surface area contributed by atoms with E-state index in [0.29, 0.717) is 6.54 Å². The Labute approximate surface area is 149 Å². The molecule has 25 heavy (non-hydrogen) atoms. The topological polar surface area (TPSA) is 75.3 Å². The van der Waals surface area contributed by atoms with Crippen molar-refractivity contribution in [3.05, 3.63) is 66.2 Å². The summed E-state index contributed by atoms with van der Waals surface area (Å²) in [5, 5.41) is 2.84. The van der Waals surface area contributed by atoms with Crippen LogP contribution in [0.15, 0.2) is 65.6 Å². The van der Waals surface area contributed by atoms with E-state index in [-0.39, 0.29) is 16.7 Å². The molecule has 2 rings (SSSR count). The molecule has 0 heterocycles. The van der Waals surface area contributed by atoms with Gasteiger partial charge in [0.1, 0.15) is 0 Å². The van der Waals surface area contributed by atoms with Crippen molar-refractivity contribution in [2.75, 3.05) is 6.54 Å². The second-order valence-electron chi connectivity index (χ2n) is 5.92. The fourth-order valence-electron chi connectivity index (χ4n) is 2.55. The van der Waals surface area contributed by atoms with Crippen molar-refractivity contribution < 1.29 is 13.2 Å². The van der Waals surface area contributed by atoms with Gasteiger partial charge in [0.15, 0.2) is 0 Å². The molecule has 6 heteroatoms. The highest BCUT2D eigenvalue weighted by molar-refractivity contribution is 7.89. The summed E-state index contributed by atoms with van der Waals surface area (Å²) in [4.78, 5) is 12.4. The number of benzene rings is 2. The van der Waals surface area contributed by atoms with Crippen LogP contribution in [0.4, 0.5) is 0 Å². The third-order valence-electron chi connectivity index (χ3n) is 4.07. The van der Waals surface area contributed by atoms with Crippen LogP contribution in [-0.2, 0) is 14.8 Å². The van der Waals surface area contributed by atoms with Crippen LogP contribution in [-0.4, -0.2) is 26.9 Å². The molecule has 134 valence electrons. The minimum absolute atomic E-state index is 0.144. The first kappa shape index (κ1) is 19.1. The average molecular weight is 360 g/mol. The predicted octanol–water partition coefficient (Wildman–Crippen LogP) is 2.66. The molecular weight excluding hydrogens is 336 g/mol. The SMILES string of the molecule is CC[C@@H](CNC(=O)[C@H](C)NS(=O)(=O)c1ccccc1)c1ccccc1. The summed E-state index contributed by atoms with van der Waals surface area (Å²) in [6.45, 7) is 4.07. The van der Waals surface area contributed by atoms with Crippen LogP contribution in [0.25, 0.3) is 0 Å². The quantitative estimate of drug-likeness (QED) is 0.760. The molecule has 0 unspecified atom stereocenters. The van der Waals surface area contributed by atoms with Gasteiger partial charge in [-0.3, -0.25) is 4.79 Å². The normalized spacial score (nSPS) is 13.8. The van der Waals surface area contributed by atoms with Crippen molar-refractivity contribution in [1.29, 1.82) is 0 Å². The van der Waals surface area contributed by atoms with E-state index >= 15 is 0 Å². The Morgan fingerprint density at radius 2 is 1.56 bits per heavy atom. The van der Waals surface area contributed by atoms with Crippen LogP contribution < -0.4 is 10.0 Å². The summed E-state index contributed by atoms with van der Waals surface area (Å²) in [7, 11) is -3.71. The molecule has 0 radical (unpaired) electrons. The lowest BCUT2D eigenvalue weighted by atomic mass is 9.96. The number of hydrogen-bond acceptors (Lipinski definition) is 3. The summed E-state index contributed by atoms with van der Waals surface area (Å²) in [5.74, 6) is -0.142. The number of nitrogens with one attached hydrogen (secondary N) is 2. The Kier molecular flexibility index (Phi) is 6.73. The zero-order valence-electron chi connectivity index (χ0n) is 14.5. The molecule has 2 atom stereocenters. The maximum atomic E-state index is 12.3. The zero-order valence-corrected chi connectivity index (χ0v) is 15.3. The van der Waals surface area contributed by atoms with Gasteiger partial charge in [-0.2, -0.15) is 4.72 Å². The number of carbonyl (C=O) groups is 1. The summed E-state index contributed by atoms with van der Waals surface area (Å²) < 4.78 is 27.0. The van der Waals surface area contributed by atoms with Gasteiger partial charge in [-0.05, 0) is 31.0 Å². The molecule has 0 bridgehead atoms. The summed E-state index contributed by atoms with van der Waals surface area (Å²) >= 11 is 0. The third kappa shape index (κ3) is 5.41. The van der Waals surface area contributed by atoms with Gasteiger partial charge in [0.05, 0.1) is 10.9 Å². The number of sulfonamides is 1. The molecule has 0 saturated heterocycles. The molecule has 0 aliphatic carbocycles. The largest absolute Gasteiger partial charge is 0.354 e. The van der Waals surface area contributed by atoms with Crippen LogP contribution in [0.3, 0.4) is 0 Å². The lowest BCUT2D eigenvalue weighted by Crippen LogP contribution is -2.45. The van der Waals surface area contributed by atoms with Gasteiger partial charge < -0.3 is 5.32 Å². The van der Waals surface area contributed by atoms with Crippen LogP contribution in [0.1, 0.15) is 31.7 Å². The number of rotatable bonds is 8. The van der Waals surface area contributed by atoms with Gasteiger partial charge in [0.2, 0.25) is 15.9 Å². The third-order valence-corrected chi connectivity index (χ3v) is 5.62. The first-order valence-corrected chi connectivity index (χ1v) is 9.82. The first-order chi connectivity index (χ1) is 11.9. The fraction of sp³-hybridized carbons (Fsp3) is 0.316. The van der Waals surface area contributed by atoms with Gasteiger partial charge in [-0.25, -0.2) is 8.42 Å². The Bertz CT molecular complexity index is 777. The summed E-state index contributed by atoms with van der Waals surface area (Å²) in [5.41, 5.74) is 1.16.